The van der Waals surface area contributed by atoms with Gasteiger partial charge < -0.3 is 15.1 Å². The van der Waals surface area contributed by atoms with Gasteiger partial charge in [-0.15, -0.1) is 24.0 Å². The van der Waals surface area contributed by atoms with Gasteiger partial charge in [-0.2, -0.15) is 0 Å². The van der Waals surface area contributed by atoms with Gasteiger partial charge in [-0.25, -0.2) is 0 Å². The van der Waals surface area contributed by atoms with Crippen molar-refractivity contribution in [3.05, 3.63) is 35.8 Å². The molecule has 19 heavy (non-hydrogen) atoms. The summed E-state index contributed by atoms with van der Waals surface area (Å²) in [5.74, 6) is 1.74. The number of nitrogens with one attached hydrogen (secondary N) is 2. The lowest BCUT2D eigenvalue weighted by Gasteiger charge is -2.11. The Bertz CT molecular complexity index is 412. The molecule has 1 aliphatic rings. The highest BCUT2D eigenvalue weighted by Crippen LogP contribution is 2.19. The minimum absolute atomic E-state index is 0. The first-order valence-electron chi connectivity index (χ1n) is 6.53. The summed E-state index contributed by atoms with van der Waals surface area (Å²) in [6.07, 6.45) is 8.99. The summed E-state index contributed by atoms with van der Waals surface area (Å²) in [4.78, 5) is 4.18. The van der Waals surface area contributed by atoms with Crippen LogP contribution in [0.25, 0.3) is 0 Å². The molecule has 1 aromatic rings. The number of furan rings is 1. The fourth-order valence-electron chi connectivity index (χ4n) is 2.11. The van der Waals surface area contributed by atoms with Crippen molar-refractivity contribution < 1.29 is 4.42 Å². The quantitative estimate of drug-likeness (QED) is 0.360. The molecule has 0 saturated heterocycles. The van der Waals surface area contributed by atoms with E-state index >= 15 is 0 Å². The number of halogens is 1. The van der Waals surface area contributed by atoms with Crippen LogP contribution in [0.2, 0.25) is 0 Å². The van der Waals surface area contributed by atoms with Crippen LogP contribution in [0.1, 0.15) is 31.4 Å². The number of nitrogens with zero attached hydrogens (tertiary/aromatic N) is 1. The van der Waals surface area contributed by atoms with Crippen molar-refractivity contribution in [3.8, 4) is 0 Å². The maximum atomic E-state index is 5.26. The normalized spacial score (nSPS) is 14.8. The zero-order chi connectivity index (χ0) is 12.6. The first-order valence-corrected chi connectivity index (χ1v) is 6.53. The SMILES string of the molecule is CN=C(NCCC1=CCCC1)NCc1ccco1.I. The van der Waals surface area contributed by atoms with E-state index in [4.69, 9.17) is 4.42 Å². The molecule has 0 spiro atoms. The van der Waals surface area contributed by atoms with Crippen LogP contribution in [0, 0.1) is 0 Å². The van der Waals surface area contributed by atoms with Gasteiger partial charge in [-0.3, -0.25) is 4.99 Å². The van der Waals surface area contributed by atoms with E-state index in [2.05, 4.69) is 21.7 Å². The number of hydrogen-bond acceptors (Lipinski definition) is 2. The summed E-state index contributed by atoms with van der Waals surface area (Å²) < 4.78 is 5.26. The van der Waals surface area contributed by atoms with Gasteiger partial charge in [0.25, 0.3) is 0 Å². The largest absolute Gasteiger partial charge is 0.467 e. The van der Waals surface area contributed by atoms with Crippen molar-refractivity contribution in [2.75, 3.05) is 13.6 Å². The van der Waals surface area contributed by atoms with Gasteiger partial charge in [0.05, 0.1) is 12.8 Å². The van der Waals surface area contributed by atoms with Gasteiger partial charge in [0.15, 0.2) is 5.96 Å². The summed E-state index contributed by atoms with van der Waals surface area (Å²) in [5, 5.41) is 6.54. The second kappa shape index (κ2) is 9.01. The van der Waals surface area contributed by atoms with Gasteiger partial charge in [-0.1, -0.05) is 11.6 Å². The molecule has 2 N–H and O–H groups in total. The van der Waals surface area contributed by atoms with Gasteiger partial charge in [0, 0.05) is 13.6 Å². The van der Waals surface area contributed by atoms with E-state index in [1.54, 1.807) is 18.9 Å². The Hall–Kier alpha value is -0.980. The minimum atomic E-state index is 0. The predicted octanol–water partition coefficient (Wildman–Crippen LogP) is 3.06. The Morgan fingerprint density at radius 3 is 2.95 bits per heavy atom. The highest BCUT2D eigenvalue weighted by atomic mass is 127. The highest BCUT2D eigenvalue weighted by Gasteiger charge is 2.04. The topological polar surface area (TPSA) is 49.6 Å². The number of rotatable bonds is 5. The smallest absolute Gasteiger partial charge is 0.191 e. The summed E-state index contributed by atoms with van der Waals surface area (Å²) in [6, 6.07) is 3.84. The fraction of sp³-hybridized carbons (Fsp3) is 0.500. The van der Waals surface area contributed by atoms with Gasteiger partial charge in [0.1, 0.15) is 5.76 Å². The summed E-state index contributed by atoms with van der Waals surface area (Å²) in [6.45, 7) is 1.60. The van der Waals surface area contributed by atoms with E-state index in [0.29, 0.717) is 6.54 Å². The molecule has 0 fully saturated rings. The standard InChI is InChI=1S/C14H21N3O.HI/c1-15-14(17-11-13-7-4-10-18-13)16-9-8-12-5-2-3-6-12;/h4-5,7,10H,2-3,6,8-9,11H2,1H3,(H2,15,16,17);1H. The Labute approximate surface area is 131 Å². The van der Waals surface area contributed by atoms with Gasteiger partial charge >= 0.3 is 0 Å². The second-order valence-corrected chi connectivity index (χ2v) is 4.44. The second-order valence-electron chi connectivity index (χ2n) is 4.44. The molecular formula is C14H22IN3O. The van der Waals surface area contributed by atoms with Crippen molar-refractivity contribution in [2.24, 2.45) is 4.99 Å². The molecule has 106 valence electrons. The third-order valence-electron chi connectivity index (χ3n) is 3.11. The average molecular weight is 375 g/mol. The first-order chi connectivity index (χ1) is 8.88. The fourth-order valence-corrected chi connectivity index (χ4v) is 2.11. The van der Waals surface area contributed by atoms with Gasteiger partial charge in [-0.05, 0) is 37.8 Å². The van der Waals surface area contributed by atoms with Crippen molar-refractivity contribution in [1.82, 2.24) is 10.6 Å². The molecule has 0 radical (unpaired) electrons. The van der Waals surface area contributed by atoms with Crippen molar-refractivity contribution in [3.63, 3.8) is 0 Å². The van der Waals surface area contributed by atoms with Crippen LogP contribution in [-0.4, -0.2) is 19.6 Å². The van der Waals surface area contributed by atoms with E-state index in [0.717, 1.165) is 24.7 Å². The number of allylic oxidation sites excluding steroid dienone is 1. The molecule has 0 atom stereocenters. The Kier molecular flexibility index (Phi) is 7.62. The lowest BCUT2D eigenvalue weighted by Crippen LogP contribution is -2.37. The van der Waals surface area contributed by atoms with E-state index in [9.17, 15) is 0 Å². The number of hydrogen-bond donors (Lipinski definition) is 2. The lowest BCUT2D eigenvalue weighted by molar-refractivity contribution is 0.501. The van der Waals surface area contributed by atoms with E-state index < -0.39 is 0 Å². The molecule has 0 bridgehead atoms. The summed E-state index contributed by atoms with van der Waals surface area (Å²) in [5.41, 5.74) is 1.57. The van der Waals surface area contributed by atoms with Crippen LogP contribution < -0.4 is 10.6 Å². The molecule has 1 aromatic heterocycles. The van der Waals surface area contributed by atoms with Crippen LogP contribution in [-0.2, 0) is 6.54 Å². The molecule has 4 nitrogen and oxygen atoms in total. The van der Waals surface area contributed by atoms with Crippen LogP contribution in [0.5, 0.6) is 0 Å². The summed E-state index contributed by atoms with van der Waals surface area (Å²) >= 11 is 0. The summed E-state index contributed by atoms with van der Waals surface area (Å²) in [7, 11) is 1.78. The molecule has 0 amide bonds. The Morgan fingerprint density at radius 2 is 2.32 bits per heavy atom. The molecule has 2 rings (SSSR count). The van der Waals surface area contributed by atoms with Crippen LogP contribution in [0.15, 0.2) is 39.5 Å². The van der Waals surface area contributed by atoms with Crippen LogP contribution in [0.4, 0.5) is 0 Å². The average Bonchev–Trinajstić information content (AvgIpc) is 3.06. The molecule has 0 aliphatic heterocycles. The third kappa shape index (κ3) is 5.67. The van der Waals surface area contributed by atoms with E-state index in [-0.39, 0.29) is 24.0 Å². The number of guanidine groups is 1. The Balaban J connectivity index is 0.00000180. The lowest BCUT2D eigenvalue weighted by atomic mass is 10.2. The van der Waals surface area contributed by atoms with Crippen molar-refractivity contribution in [2.45, 2.75) is 32.2 Å². The molecular weight excluding hydrogens is 353 g/mol. The van der Waals surface area contributed by atoms with Gasteiger partial charge in [0.2, 0.25) is 0 Å². The van der Waals surface area contributed by atoms with Crippen molar-refractivity contribution in [1.29, 1.82) is 0 Å². The molecule has 1 aliphatic carbocycles. The van der Waals surface area contributed by atoms with Crippen LogP contribution in [0.3, 0.4) is 0 Å². The molecule has 5 heteroatoms. The molecule has 1 heterocycles. The van der Waals surface area contributed by atoms with E-state index in [1.807, 2.05) is 12.1 Å². The Morgan fingerprint density at radius 1 is 1.42 bits per heavy atom. The maximum Gasteiger partial charge on any atom is 0.191 e. The number of aliphatic imine (C=N–C) groups is 1. The van der Waals surface area contributed by atoms with Crippen molar-refractivity contribution >= 4 is 29.9 Å². The third-order valence-corrected chi connectivity index (χ3v) is 3.11. The zero-order valence-corrected chi connectivity index (χ0v) is 13.6. The van der Waals surface area contributed by atoms with Crippen LogP contribution >= 0.6 is 24.0 Å². The molecule has 0 saturated carbocycles. The molecule has 0 unspecified atom stereocenters. The van der Waals surface area contributed by atoms with E-state index in [1.165, 1.54) is 19.3 Å². The first kappa shape index (κ1) is 16.1. The predicted molar refractivity (Wildman–Crippen MR) is 88.9 cm³/mol. The zero-order valence-electron chi connectivity index (χ0n) is 11.3. The monoisotopic (exact) mass is 375 g/mol. The highest BCUT2D eigenvalue weighted by molar-refractivity contribution is 14.0. The minimum Gasteiger partial charge on any atom is -0.467 e. The molecule has 0 aromatic carbocycles. The maximum absolute atomic E-state index is 5.26.